The van der Waals surface area contributed by atoms with Crippen LogP contribution in [0, 0.1) is 5.82 Å². The third kappa shape index (κ3) is 2.27. The first-order valence-electron chi connectivity index (χ1n) is 6.81. The normalized spacial score (nSPS) is 16.7. The largest absolute Gasteiger partial charge is 0.346 e. The van der Waals surface area contributed by atoms with Crippen molar-refractivity contribution in [2.24, 2.45) is 0 Å². The summed E-state index contributed by atoms with van der Waals surface area (Å²) in [6.45, 7) is 1.87. The molecule has 2 nitrogen and oxygen atoms in total. The van der Waals surface area contributed by atoms with Crippen molar-refractivity contribution in [2.75, 3.05) is 6.54 Å². The first-order chi connectivity index (χ1) is 8.84. The van der Waals surface area contributed by atoms with E-state index in [0.717, 1.165) is 24.0 Å². The minimum absolute atomic E-state index is 0.130. The van der Waals surface area contributed by atoms with Crippen molar-refractivity contribution in [3.8, 4) is 0 Å². The van der Waals surface area contributed by atoms with Crippen LogP contribution in [0.1, 0.15) is 25.7 Å². The summed E-state index contributed by atoms with van der Waals surface area (Å²) in [4.78, 5) is 0. The average Bonchev–Trinajstić information content (AvgIpc) is 3.00. The van der Waals surface area contributed by atoms with Gasteiger partial charge in [0.25, 0.3) is 0 Å². The Kier molecular flexibility index (Phi) is 3.33. The summed E-state index contributed by atoms with van der Waals surface area (Å²) >= 11 is 0. The van der Waals surface area contributed by atoms with Crippen LogP contribution in [0.5, 0.6) is 0 Å². The van der Waals surface area contributed by atoms with Crippen LogP contribution < -0.4 is 5.32 Å². The topological polar surface area (TPSA) is 17.0 Å². The number of hydrogen-bond donors (Lipinski definition) is 1. The molecule has 3 heteroatoms. The smallest absolute Gasteiger partial charge is 0.132 e. The number of nitrogens with zero attached hydrogens (tertiary/aromatic N) is 1. The van der Waals surface area contributed by atoms with Gasteiger partial charge in [0.15, 0.2) is 0 Å². The molecule has 0 aliphatic heterocycles. The van der Waals surface area contributed by atoms with E-state index in [1.165, 1.54) is 31.7 Å². The van der Waals surface area contributed by atoms with Gasteiger partial charge in [0, 0.05) is 30.7 Å². The second kappa shape index (κ2) is 5.11. The van der Waals surface area contributed by atoms with Gasteiger partial charge >= 0.3 is 0 Å². The molecule has 2 aromatic rings. The fourth-order valence-corrected chi connectivity index (χ4v) is 2.90. The van der Waals surface area contributed by atoms with E-state index in [9.17, 15) is 4.39 Å². The highest BCUT2D eigenvalue weighted by molar-refractivity contribution is 5.80. The van der Waals surface area contributed by atoms with Gasteiger partial charge in [-0.15, -0.1) is 0 Å². The summed E-state index contributed by atoms with van der Waals surface area (Å²) in [6.07, 6.45) is 7.30. The van der Waals surface area contributed by atoms with Crippen molar-refractivity contribution in [2.45, 2.75) is 38.3 Å². The molecule has 0 amide bonds. The maximum atomic E-state index is 13.5. The summed E-state index contributed by atoms with van der Waals surface area (Å²) in [7, 11) is 0. The zero-order valence-corrected chi connectivity index (χ0v) is 10.5. The second-order valence-corrected chi connectivity index (χ2v) is 5.12. The van der Waals surface area contributed by atoms with E-state index >= 15 is 0 Å². The van der Waals surface area contributed by atoms with E-state index in [0.29, 0.717) is 6.04 Å². The van der Waals surface area contributed by atoms with E-state index in [2.05, 4.69) is 9.88 Å². The van der Waals surface area contributed by atoms with Gasteiger partial charge in [-0.3, -0.25) is 0 Å². The molecule has 1 aromatic heterocycles. The van der Waals surface area contributed by atoms with E-state index in [-0.39, 0.29) is 5.82 Å². The molecule has 0 radical (unpaired) electrons. The Morgan fingerprint density at radius 1 is 1.22 bits per heavy atom. The number of hydrogen-bond acceptors (Lipinski definition) is 1. The van der Waals surface area contributed by atoms with Gasteiger partial charge in [0.2, 0.25) is 0 Å². The molecule has 0 spiro atoms. The van der Waals surface area contributed by atoms with E-state index in [1.807, 2.05) is 18.3 Å². The van der Waals surface area contributed by atoms with Crippen LogP contribution in [-0.4, -0.2) is 17.2 Å². The molecule has 18 heavy (non-hydrogen) atoms. The molecule has 1 aliphatic rings. The SMILES string of the molecule is Fc1cccc2c1ccn2CCNC1CCCC1. The van der Waals surface area contributed by atoms with Crippen LogP contribution in [0.3, 0.4) is 0 Å². The molecule has 3 rings (SSSR count). The standard InChI is InChI=1S/C15H19FN2/c16-14-6-3-7-15-13(14)8-10-18(15)11-9-17-12-4-1-2-5-12/h3,6-8,10,12,17H,1-2,4-5,9,11H2. The lowest BCUT2D eigenvalue weighted by molar-refractivity contribution is 0.501. The lowest BCUT2D eigenvalue weighted by Crippen LogP contribution is -2.29. The molecule has 1 aromatic carbocycles. The molecular formula is C15H19FN2. The van der Waals surface area contributed by atoms with Gasteiger partial charge in [0.05, 0.1) is 5.52 Å². The fraction of sp³-hybridized carbons (Fsp3) is 0.467. The Hall–Kier alpha value is -1.35. The lowest BCUT2D eigenvalue weighted by atomic mass is 10.2. The van der Waals surface area contributed by atoms with Crippen molar-refractivity contribution >= 4 is 10.9 Å². The molecule has 1 heterocycles. The Morgan fingerprint density at radius 3 is 2.89 bits per heavy atom. The molecule has 0 saturated heterocycles. The van der Waals surface area contributed by atoms with Crippen LogP contribution in [-0.2, 0) is 6.54 Å². The Bertz CT molecular complexity index is 526. The van der Waals surface area contributed by atoms with Crippen LogP contribution in [0.25, 0.3) is 10.9 Å². The highest BCUT2D eigenvalue weighted by atomic mass is 19.1. The summed E-state index contributed by atoms with van der Waals surface area (Å²) in [5, 5.41) is 4.31. The summed E-state index contributed by atoms with van der Waals surface area (Å²) in [5.41, 5.74) is 0.989. The van der Waals surface area contributed by atoms with Crippen molar-refractivity contribution in [1.29, 1.82) is 0 Å². The zero-order chi connectivity index (χ0) is 12.4. The molecule has 0 atom stereocenters. The second-order valence-electron chi connectivity index (χ2n) is 5.12. The first kappa shape index (κ1) is 11.7. The van der Waals surface area contributed by atoms with Crippen molar-refractivity contribution in [3.05, 3.63) is 36.3 Å². The Balaban J connectivity index is 1.65. The maximum absolute atomic E-state index is 13.5. The maximum Gasteiger partial charge on any atom is 0.132 e. The highest BCUT2D eigenvalue weighted by Crippen LogP contribution is 2.19. The summed E-state index contributed by atoms with van der Waals surface area (Å²) < 4.78 is 15.7. The average molecular weight is 246 g/mol. The molecule has 1 saturated carbocycles. The monoisotopic (exact) mass is 246 g/mol. The minimum Gasteiger partial charge on any atom is -0.346 e. The highest BCUT2D eigenvalue weighted by Gasteiger charge is 2.13. The van der Waals surface area contributed by atoms with Gasteiger partial charge in [-0.1, -0.05) is 18.9 Å². The van der Waals surface area contributed by atoms with Crippen molar-refractivity contribution in [3.63, 3.8) is 0 Å². The zero-order valence-electron chi connectivity index (χ0n) is 10.5. The Morgan fingerprint density at radius 2 is 2.06 bits per heavy atom. The summed E-state index contributed by atoms with van der Waals surface area (Å²) in [6, 6.07) is 7.83. The van der Waals surface area contributed by atoms with Crippen LogP contribution in [0.15, 0.2) is 30.5 Å². The van der Waals surface area contributed by atoms with Gasteiger partial charge in [0.1, 0.15) is 5.82 Å². The van der Waals surface area contributed by atoms with Crippen molar-refractivity contribution < 1.29 is 4.39 Å². The number of rotatable bonds is 4. The third-order valence-corrected chi connectivity index (χ3v) is 3.90. The first-order valence-corrected chi connectivity index (χ1v) is 6.81. The molecular weight excluding hydrogens is 227 g/mol. The van der Waals surface area contributed by atoms with Gasteiger partial charge < -0.3 is 9.88 Å². The predicted octanol–water partition coefficient (Wildman–Crippen LogP) is 3.31. The lowest BCUT2D eigenvalue weighted by Gasteiger charge is -2.12. The van der Waals surface area contributed by atoms with Crippen LogP contribution >= 0.6 is 0 Å². The number of aromatic nitrogens is 1. The molecule has 1 aliphatic carbocycles. The third-order valence-electron chi connectivity index (χ3n) is 3.90. The number of halogens is 1. The molecule has 96 valence electrons. The number of benzene rings is 1. The van der Waals surface area contributed by atoms with Crippen LogP contribution in [0.4, 0.5) is 4.39 Å². The van der Waals surface area contributed by atoms with E-state index in [1.54, 1.807) is 6.07 Å². The van der Waals surface area contributed by atoms with Crippen LogP contribution in [0.2, 0.25) is 0 Å². The molecule has 1 N–H and O–H groups in total. The van der Waals surface area contributed by atoms with Gasteiger partial charge in [-0.05, 0) is 31.0 Å². The predicted molar refractivity (Wildman–Crippen MR) is 72.2 cm³/mol. The number of fused-ring (bicyclic) bond motifs is 1. The summed E-state index contributed by atoms with van der Waals surface area (Å²) in [5.74, 6) is -0.130. The fourth-order valence-electron chi connectivity index (χ4n) is 2.90. The Labute approximate surface area is 107 Å². The minimum atomic E-state index is -0.130. The van der Waals surface area contributed by atoms with Crippen molar-refractivity contribution in [1.82, 2.24) is 9.88 Å². The molecule has 1 fully saturated rings. The quantitative estimate of drug-likeness (QED) is 0.875. The van der Waals surface area contributed by atoms with Gasteiger partial charge in [-0.25, -0.2) is 4.39 Å². The molecule has 0 bridgehead atoms. The van der Waals surface area contributed by atoms with E-state index in [4.69, 9.17) is 0 Å². The number of nitrogens with one attached hydrogen (secondary N) is 1. The van der Waals surface area contributed by atoms with Gasteiger partial charge in [-0.2, -0.15) is 0 Å². The van der Waals surface area contributed by atoms with E-state index < -0.39 is 0 Å². The molecule has 0 unspecified atom stereocenters.